The summed E-state index contributed by atoms with van der Waals surface area (Å²) in [6.45, 7) is 1.96. The molecule has 0 bridgehead atoms. The fourth-order valence-electron chi connectivity index (χ4n) is 1.63. The van der Waals surface area contributed by atoms with Crippen LogP contribution in [0.3, 0.4) is 0 Å². The Morgan fingerprint density at radius 3 is 2.76 bits per heavy atom. The maximum Gasteiger partial charge on any atom is 0.311 e. The topological polar surface area (TPSA) is 37.3 Å². The van der Waals surface area contributed by atoms with Crippen molar-refractivity contribution < 1.29 is 14.3 Å². The van der Waals surface area contributed by atoms with Gasteiger partial charge in [-0.2, -0.15) is 0 Å². The van der Waals surface area contributed by atoms with E-state index >= 15 is 0 Å². The van der Waals surface area contributed by atoms with Gasteiger partial charge in [0.1, 0.15) is 5.82 Å². The molecule has 0 aliphatic heterocycles. The minimum absolute atomic E-state index is 0.152. The summed E-state index contributed by atoms with van der Waals surface area (Å²) in [7, 11) is 0. The number of unbranched alkanes of at least 4 members (excludes halogenated alkanes) is 1. The van der Waals surface area contributed by atoms with E-state index in [9.17, 15) is 9.18 Å². The molecular formula is C12H13BrClFO2. The van der Waals surface area contributed by atoms with E-state index in [1.165, 1.54) is 12.1 Å². The number of carboxylic acid groups (broad SMARTS) is 1. The quantitative estimate of drug-likeness (QED) is 0.804. The van der Waals surface area contributed by atoms with Crippen molar-refractivity contribution in [3.63, 3.8) is 0 Å². The maximum absolute atomic E-state index is 13.7. The summed E-state index contributed by atoms with van der Waals surface area (Å²) in [6.07, 6.45) is 2.03. The number of aliphatic carboxylic acids is 1. The minimum atomic E-state index is -1.02. The molecule has 1 atom stereocenters. The van der Waals surface area contributed by atoms with Gasteiger partial charge >= 0.3 is 5.97 Å². The van der Waals surface area contributed by atoms with Crippen molar-refractivity contribution >= 4 is 33.5 Å². The lowest BCUT2D eigenvalue weighted by atomic mass is 9.93. The van der Waals surface area contributed by atoms with E-state index in [4.69, 9.17) is 16.7 Å². The number of carboxylic acids is 1. The Labute approximate surface area is 113 Å². The van der Waals surface area contributed by atoms with Gasteiger partial charge in [0.2, 0.25) is 0 Å². The lowest BCUT2D eigenvalue weighted by molar-refractivity contribution is -0.139. The molecule has 0 amide bonds. The highest BCUT2D eigenvalue weighted by molar-refractivity contribution is 9.10. The predicted molar refractivity (Wildman–Crippen MR) is 69.0 cm³/mol. The third-order valence-corrected chi connectivity index (χ3v) is 3.76. The largest absolute Gasteiger partial charge is 0.481 e. The van der Waals surface area contributed by atoms with Gasteiger partial charge in [0, 0.05) is 10.0 Å². The molecule has 0 aliphatic rings. The Morgan fingerprint density at radius 2 is 2.24 bits per heavy atom. The first-order valence-electron chi connectivity index (χ1n) is 5.34. The van der Waals surface area contributed by atoms with Crippen LogP contribution in [0.5, 0.6) is 0 Å². The van der Waals surface area contributed by atoms with Crippen LogP contribution < -0.4 is 0 Å². The van der Waals surface area contributed by atoms with Crippen LogP contribution in [0.25, 0.3) is 0 Å². The van der Waals surface area contributed by atoms with Gasteiger partial charge in [-0.15, -0.1) is 0 Å². The lowest BCUT2D eigenvalue weighted by Crippen LogP contribution is -2.13. The predicted octanol–water partition coefficient (Wildman–Crippen LogP) is 4.60. The van der Waals surface area contributed by atoms with E-state index in [0.717, 1.165) is 12.8 Å². The van der Waals surface area contributed by atoms with Crippen LogP contribution in [-0.4, -0.2) is 11.1 Å². The maximum atomic E-state index is 13.7. The fraction of sp³-hybridized carbons (Fsp3) is 0.417. The second kappa shape index (κ2) is 6.36. The number of benzene rings is 1. The molecule has 94 valence electrons. The lowest BCUT2D eigenvalue weighted by Gasteiger charge is -2.14. The van der Waals surface area contributed by atoms with Gasteiger partial charge in [0.25, 0.3) is 0 Å². The molecule has 0 saturated carbocycles. The standard InChI is InChI=1S/C12H13BrClFO2/c1-2-3-4-7(12(16)17)8-5-10(14)9(13)6-11(8)15/h5-7H,2-4H2,1H3,(H,16,17). The SMILES string of the molecule is CCCCC(C(=O)O)c1cc(Cl)c(Br)cc1F. The number of rotatable bonds is 5. The fourth-order valence-corrected chi connectivity index (χ4v) is 2.11. The van der Waals surface area contributed by atoms with E-state index in [2.05, 4.69) is 15.9 Å². The highest BCUT2D eigenvalue weighted by atomic mass is 79.9. The zero-order valence-corrected chi connectivity index (χ0v) is 11.7. The Kier molecular flexibility index (Phi) is 5.40. The van der Waals surface area contributed by atoms with Crippen molar-refractivity contribution in [2.45, 2.75) is 32.1 Å². The smallest absolute Gasteiger partial charge is 0.311 e. The molecular weight excluding hydrogens is 310 g/mol. The van der Waals surface area contributed by atoms with Crippen molar-refractivity contribution in [1.82, 2.24) is 0 Å². The second-order valence-corrected chi connectivity index (χ2v) is 5.08. The van der Waals surface area contributed by atoms with Gasteiger partial charge in [-0.05, 0) is 34.5 Å². The molecule has 5 heteroatoms. The first kappa shape index (κ1) is 14.5. The summed E-state index contributed by atoms with van der Waals surface area (Å²) in [5, 5.41) is 9.44. The van der Waals surface area contributed by atoms with Crippen LogP contribution in [0.1, 0.15) is 37.7 Å². The van der Waals surface area contributed by atoms with E-state index in [1.807, 2.05) is 6.92 Å². The third-order valence-electron chi connectivity index (χ3n) is 2.56. The average molecular weight is 324 g/mol. The number of carbonyl (C=O) groups is 1. The molecule has 0 radical (unpaired) electrons. The third kappa shape index (κ3) is 3.68. The Morgan fingerprint density at radius 1 is 1.59 bits per heavy atom. The van der Waals surface area contributed by atoms with Gasteiger partial charge in [-0.3, -0.25) is 4.79 Å². The first-order chi connectivity index (χ1) is 7.97. The molecule has 1 aromatic carbocycles. The molecule has 0 heterocycles. The first-order valence-corrected chi connectivity index (χ1v) is 6.51. The molecule has 0 saturated heterocycles. The number of hydrogen-bond acceptors (Lipinski definition) is 1. The molecule has 1 aromatic rings. The van der Waals surface area contributed by atoms with Crippen LogP contribution in [0.15, 0.2) is 16.6 Å². The van der Waals surface area contributed by atoms with Crippen molar-refractivity contribution in [3.8, 4) is 0 Å². The molecule has 1 unspecified atom stereocenters. The zero-order chi connectivity index (χ0) is 13.0. The van der Waals surface area contributed by atoms with Crippen LogP contribution in [0, 0.1) is 5.82 Å². The van der Waals surface area contributed by atoms with E-state index in [-0.39, 0.29) is 5.56 Å². The summed E-state index contributed by atoms with van der Waals surface area (Å²) < 4.78 is 14.1. The van der Waals surface area contributed by atoms with Crippen molar-refractivity contribution in [2.75, 3.05) is 0 Å². The monoisotopic (exact) mass is 322 g/mol. The molecule has 0 aromatic heterocycles. The van der Waals surface area contributed by atoms with Gasteiger partial charge < -0.3 is 5.11 Å². The Hall–Kier alpha value is -0.610. The normalized spacial score (nSPS) is 12.5. The summed E-state index contributed by atoms with van der Waals surface area (Å²) >= 11 is 8.96. The molecule has 2 nitrogen and oxygen atoms in total. The summed E-state index contributed by atoms with van der Waals surface area (Å²) in [4.78, 5) is 11.1. The van der Waals surface area contributed by atoms with E-state index in [1.54, 1.807) is 0 Å². The highest BCUT2D eigenvalue weighted by Crippen LogP contribution is 2.32. The summed E-state index contributed by atoms with van der Waals surface area (Å²) in [5.74, 6) is -2.39. The van der Waals surface area contributed by atoms with Crippen LogP contribution in [-0.2, 0) is 4.79 Å². The van der Waals surface area contributed by atoms with Gasteiger partial charge in [-0.1, -0.05) is 31.4 Å². The van der Waals surface area contributed by atoms with Crippen LogP contribution in [0.2, 0.25) is 5.02 Å². The Balaban J connectivity index is 3.09. The zero-order valence-electron chi connectivity index (χ0n) is 9.34. The Bertz CT molecular complexity index is 423. The summed E-state index contributed by atoms with van der Waals surface area (Å²) in [6, 6.07) is 2.59. The van der Waals surface area contributed by atoms with Gasteiger partial charge in [0.15, 0.2) is 0 Å². The molecule has 1 N–H and O–H groups in total. The molecule has 0 spiro atoms. The number of hydrogen-bond donors (Lipinski definition) is 1. The average Bonchev–Trinajstić information content (AvgIpc) is 2.25. The highest BCUT2D eigenvalue weighted by Gasteiger charge is 2.23. The van der Waals surface area contributed by atoms with E-state index < -0.39 is 17.7 Å². The van der Waals surface area contributed by atoms with Gasteiger partial charge in [0.05, 0.1) is 10.9 Å². The molecule has 0 aliphatic carbocycles. The molecule has 1 rings (SSSR count). The van der Waals surface area contributed by atoms with Gasteiger partial charge in [-0.25, -0.2) is 4.39 Å². The molecule has 0 fully saturated rings. The molecule has 17 heavy (non-hydrogen) atoms. The number of halogens is 3. The van der Waals surface area contributed by atoms with Crippen molar-refractivity contribution in [2.24, 2.45) is 0 Å². The second-order valence-electron chi connectivity index (χ2n) is 3.82. The van der Waals surface area contributed by atoms with E-state index in [0.29, 0.717) is 15.9 Å². The van der Waals surface area contributed by atoms with Crippen molar-refractivity contribution in [3.05, 3.63) is 33.0 Å². The minimum Gasteiger partial charge on any atom is -0.481 e. The van der Waals surface area contributed by atoms with Crippen LogP contribution >= 0.6 is 27.5 Å². The van der Waals surface area contributed by atoms with Crippen molar-refractivity contribution in [1.29, 1.82) is 0 Å². The summed E-state index contributed by atoms with van der Waals surface area (Å²) in [5.41, 5.74) is 0.152. The van der Waals surface area contributed by atoms with Crippen LogP contribution in [0.4, 0.5) is 4.39 Å².